The minimum Gasteiger partial charge on any atom is -0.384 e. The number of aromatic nitrogens is 3. The van der Waals surface area contributed by atoms with Crippen molar-refractivity contribution in [1.29, 1.82) is 0 Å². The molecule has 0 bridgehead atoms. The number of urea groups is 1. The van der Waals surface area contributed by atoms with Crippen molar-refractivity contribution in [3.05, 3.63) is 18.5 Å². The minimum absolute atomic E-state index is 0.171. The van der Waals surface area contributed by atoms with Crippen LogP contribution in [0.15, 0.2) is 18.5 Å². The van der Waals surface area contributed by atoms with Gasteiger partial charge in [0.05, 0.1) is 6.20 Å². The quantitative estimate of drug-likeness (QED) is 0.459. The molecule has 1 fully saturated rings. The third-order valence-corrected chi connectivity index (χ3v) is 7.16. The summed E-state index contributed by atoms with van der Waals surface area (Å²) in [6.07, 6.45) is 7.73. The van der Waals surface area contributed by atoms with Crippen LogP contribution in [-0.2, 0) is 16.2 Å². The molecule has 0 aliphatic heterocycles. The SMILES string of the molecule is COC[C@H]1CCC[C@H](NC(=O)Nc2cnc3c(ccn3COCC[Si](C)(C)C)n2)C1. The number of ether oxygens (including phenoxy) is 2. The van der Waals surface area contributed by atoms with E-state index in [1.54, 1.807) is 13.3 Å². The number of nitrogens with zero attached hydrogens (tertiary/aromatic N) is 3. The highest BCUT2D eigenvalue weighted by molar-refractivity contribution is 6.76. The van der Waals surface area contributed by atoms with Crippen LogP contribution < -0.4 is 10.6 Å². The number of carbonyl (C=O) groups excluding carboxylic acids is 1. The lowest BCUT2D eigenvalue weighted by Crippen LogP contribution is -2.41. The molecule has 0 radical (unpaired) electrons. The lowest BCUT2D eigenvalue weighted by Gasteiger charge is -2.29. The monoisotopic (exact) mass is 433 g/mol. The Morgan fingerprint density at radius 3 is 2.93 bits per heavy atom. The number of rotatable bonds is 9. The summed E-state index contributed by atoms with van der Waals surface area (Å²) in [5.74, 6) is 0.958. The summed E-state index contributed by atoms with van der Waals surface area (Å²) in [5, 5.41) is 5.88. The fourth-order valence-electron chi connectivity index (χ4n) is 3.81. The van der Waals surface area contributed by atoms with Crippen molar-refractivity contribution in [2.75, 3.05) is 25.6 Å². The summed E-state index contributed by atoms with van der Waals surface area (Å²) in [4.78, 5) is 21.4. The smallest absolute Gasteiger partial charge is 0.320 e. The van der Waals surface area contributed by atoms with Gasteiger partial charge in [-0.3, -0.25) is 5.32 Å². The van der Waals surface area contributed by atoms with E-state index in [4.69, 9.17) is 9.47 Å². The van der Waals surface area contributed by atoms with Gasteiger partial charge >= 0.3 is 6.03 Å². The lowest BCUT2D eigenvalue weighted by atomic mass is 9.86. The number of hydrogen-bond acceptors (Lipinski definition) is 5. The molecule has 2 amide bonds. The van der Waals surface area contributed by atoms with Crippen LogP contribution in [0.1, 0.15) is 25.7 Å². The summed E-state index contributed by atoms with van der Waals surface area (Å²) >= 11 is 0. The van der Waals surface area contributed by atoms with Gasteiger partial charge in [0.1, 0.15) is 12.2 Å². The topological polar surface area (TPSA) is 90.3 Å². The fourth-order valence-corrected chi connectivity index (χ4v) is 4.57. The molecule has 0 unspecified atom stereocenters. The maximum atomic E-state index is 12.4. The molecule has 2 atom stereocenters. The zero-order valence-electron chi connectivity index (χ0n) is 18.6. The van der Waals surface area contributed by atoms with Crippen LogP contribution in [0.5, 0.6) is 0 Å². The number of nitrogens with one attached hydrogen (secondary N) is 2. The maximum Gasteiger partial charge on any atom is 0.320 e. The normalized spacial score (nSPS) is 19.7. The third kappa shape index (κ3) is 6.78. The van der Waals surface area contributed by atoms with E-state index in [1.807, 2.05) is 16.8 Å². The average molecular weight is 434 g/mol. The van der Waals surface area contributed by atoms with Gasteiger partial charge in [0.25, 0.3) is 0 Å². The molecular formula is C21H35N5O3Si. The molecule has 1 saturated carbocycles. The first kappa shape index (κ1) is 22.7. The van der Waals surface area contributed by atoms with E-state index in [0.717, 1.165) is 56.1 Å². The number of carbonyl (C=O) groups is 1. The lowest BCUT2D eigenvalue weighted by molar-refractivity contribution is 0.0899. The van der Waals surface area contributed by atoms with E-state index in [1.165, 1.54) is 0 Å². The third-order valence-electron chi connectivity index (χ3n) is 5.45. The van der Waals surface area contributed by atoms with Crippen LogP contribution in [0.2, 0.25) is 25.7 Å². The summed E-state index contributed by atoms with van der Waals surface area (Å²) in [6, 6.07) is 2.96. The second kappa shape index (κ2) is 10.4. The molecule has 30 heavy (non-hydrogen) atoms. The second-order valence-electron chi connectivity index (χ2n) is 9.38. The van der Waals surface area contributed by atoms with Crippen molar-refractivity contribution in [3.63, 3.8) is 0 Å². The Hall–Kier alpha value is -1.97. The zero-order valence-corrected chi connectivity index (χ0v) is 19.6. The maximum absolute atomic E-state index is 12.4. The molecule has 2 heterocycles. The summed E-state index contributed by atoms with van der Waals surface area (Å²) in [7, 11) is 0.632. The average Bonchev–Trinajstić information content (AvgIpc) is 3.07. The molecule has 9 heteroatoms. The van der Waals surface area contributed by atoms with Gasteiger partial charge < -0.3 is 19.4 Å². The van der Waals surface area contributed by atoms with Crippen LogP contribution in [0.25, 0.3) is 11.2 Å². The van der Waals surface area contributed by atoms with Gasteiger partial charge in [-0.25, -0.2) is 14.8 Å². The fraction of sp³-hybridized carbons (Fsp3) is 0.667. The Morgan fingerprint density at radius 2 is 2.17 bits per heavy atom. The van der Waals surface area contributed by atoms with Crippen molar-refractivity contribution in [2.24, 2.45) is 5.92 Å². The first-order chi connectivity index (χ1) is 14.3. The Labute approximate surface area is 179 Å². The Morgan fingerprint density at radius 1 is 1.33 bits per heavy atom. The van der Waals surface area contributed by atoms with Gasteiger partial charge in [-0.2, -0.15) is 0 Å². The first-order valence-corrected chi connectivity index (χ1v) is 14.5. The van der Waals surface area contributed by atoms with Crippen LogP contribution in [0, 0.1) is 5.92 Å². The van der Waals surface area contributed by atoms with Gasteiger partial charge in [0, 0.05) is 40.6 Å². The van der Waals surface area contributed by atoms with E-state index in [9.17, 15) is 4.79 Å². The number of fused-ring (bicyclic) bond motifs is 1. The Kier molecular flexibility index (Phi) is 7.85. The van der Waals surface area contributed by atoms with Crippen LogP contribution in [0.4, 0.5) is 10.6 Å². The van der Waals surface area contributed by atoms with Crippen molar-refractivity contribution >= 4 is 31.1 Å². The molecule has 2 aromatic heterocycles. The molecule has 2 N–H and O–H groups in total. The number of hydrogen-bond donors (Lipinski definition) is 2. The molecule has 8 nitrogen and oxygen atoms in total. The highest BCUT2D eigenvalue weighted by Gasteiger charge is 2.23. The molecule has 0 spiro atoms. The Bertz CT molecular complexity index is 834. The zero-order chi connectivity index (χ0) is 21.6. The van der Waals surface area contributed by atoms with Gasteiger partial charge in [-0.05, 0) is 37.3 Å². The number of amides is 2. The van der Waals surface area contributed by atoms with E-state index < -0.39 is 8.07 Å². The van der Waals surface area contributed by atoms with Gasteiger partial charge in [-0.15, -0.1) is 0 Å². The van der Waals surface area contributed by atoms with Crippen LogP contribution >= 0.6 is 0 Å². The molecule has 166 valence electrons. The minimum atomic E-state index is -1.10. The first-order valence-electron chi connectivity index (χ1n) is 10.8. The van der Waals surface area contributed by atoms with Crippen molar-refractivity contribution in [3.8, 4) is 0 Å². The van der Waals surface area contributed by atoms with E-state index in [-0.39, 0.29) is 12.1 Å². The van der Waals surface area contributed by atoms with E-state index >= 15 is 0 Å². The molecule has 2 aromatic rings. The molecule has 1 aliphatic rings. The van der Waals surface area contributed by atoms with Crippen LogP contribution in [-0.4, -0.2) is 55.0 Å². The Balaban J connectivity index is 1.51. The molecule has 0 saturated heterocycles. The highest BCUT2D eigenvalue weighted by Crippen LogP contribution is 2.24. The van der Waals surface area contributed by atoms with E-state index in [0.29, 0.717) is 18.5 Å². The van der Waals surface area contributed by atoms with Gasteiger partial charge in [-0.1, -0.05) is 26.1 Å². The predicted octanol–water partition coefficient (Wildman–Crippen LogP) is 4.07. The summed E-state index contributed by atoms with van der Waals surface area (Å²) < 4.78 is 13.0. The molecular weight excluding hydrogens is 398 g/mol. The number of methoxy groups -OCH3 is 1. The standard InChI is InChI=1S/C21H35N5O3Si/c1-28-14-16-6-5-7-17(12-16)23-21(27)25-19-13-22-20-18(24-19)8-9-26(20)15-29-10-11-30(2,3)4/h8-9,13,16-17H,5-7,10-12,14-15H2,1-4H3,(H2,23,24,25,27)/t16-,17-/m0/s1. The van der Waals surface area contributed by atoms with Crippen molar-refractivity contribution in [1.82, 2.24) is 19.9 Å². The van der Waals surface area contributed by atoms with Crippen molar-refractivity contribution < 1.29 is 14.3 Å². The van der Waals surface area contributed by atoms with Gasteiger partial charge in [0.2, 0.25) is 0 Å². The van der Waals surface area contributed by atoms with Crippen molar-refractivity contribution in [2.45, 2.75) is 64.1 Å². The molecule has 3 rings (SSSR count). The van der Waals surface area contributed by atoms with Crippen LogP contribution in [0.3, 0.4) is 0 Å². The molecule has 1 aliphatic carbocycles. The molecule has 0 aromatic carbocycles. The largest absolute Gasteiger partial charge is 0.384 e. The second-order valence-corrected chi connectivity index (χ2v) is 15.0. The number of anilines is 1. The highest BCUT2D eigenvalue weighted by atomic mass is 28.3. The van der Waals surface area contributed by atoms with E-state index in [2.05, 4.69) is 40.2 Å². The summed E-state index contributed by atoms with van der Waals surface area (Å²) in [5.41, 5.74) is 1.49. The van der Waals surface area contributed by atoms with Gasteiger partial charge in [0.15, 0.2) is 11.5 Å². The predicted molar refractivity (Wildman–Crippen MR) is 121 cm³/mol. The summed E-state index contributed by atoms with van der Waals surface area (Å²) in [6.45, 7) is 8.98.